The molecule has 0 aromatic rings. The molecule has 1 aliphatic rings. The van der Waals surface area contributed by atoms with Crippen molar-refractivity contribution in [2.45, 2.75) is 19.8 Å². The zero-order valence-electron chi connectivity index (χ0n) is 6.30. The lowest BCUT2D eigenvalue weighted by atomic mass is 10.3. The first kappa shape index (κ1) is 7.92. The zero-order chi connectivity index (χ0) is 7.40. The molecule has 0 bridgehead atoms. The number of nitrogens with zero attached hydrogens (tertiary/aromatic N) is 1. The fourth-order valence-electron chi connectivity index (χ4n) is 1.02. The lowest BCUT2D eigenvalue weighted by Gasteiger charge is -2.25. The minimum Gasteiger partial charge on any atom is -0.333 e. The van der Waals surface area contributed by atoms with Crippen LogP contribution in [0.1, 0.15) is 19.8 Å². The Kier molecular flexibility index (Phi) is 3.06. The van der Waals surface area contributed by atoms with Gasteiger partial charge < -0.3 is 4.90 Å². The van der Waals surface area contributed by atoms with Crippen molar-refractivity contribution in [3.63, 3.8) is 0 Å². The number of rotatable bonds is 2. The Hall–Kier alpha value is -0.180. The quantitative estimate of drug-likeness (QED) is 0.605. The van der Waals surface area contributed by atoms with Crippen molar-refractivity contribution in [3.05, 3.63) is 0 Å². The van der Waals surface area contributed by atoms with E-state index in [2.05, 4.69) is 6.92 Å². The molecule has 1 rings (SSSR count). The summed E-state index contributed by atoms with van der Waals surface area (Å²) in [6.07, 6.45) is 1.82. The maximum absolute atomic E-state index is 11.1. The van der Waals surface area contributed by atoms with Crippen LogP contribution in [0.5, 0.6) is 0 Å². The highest BCUT2D eigenvalue weighted by Gasteiger charge is 2.16. The molecule has 0 aromatic carbocycles. The SMILES string of the molecule is CCCN1CSCCC1=O. The normalized spacial score (nSPS) is 19.7. The third kappa shape index (κ3) is 1.90. The van der Waals surface area contributed by atoms with Crippen molar-refractivity contribution in [3.8, 4) is 0 Å². The van der Waals surface area contributed by atoms with E-state index >= 15 is 0 Å². The summed E-state index contributed by atoms with van der Waals surface area (Å²) < 4.78 is 0. The summed E-state index contributed by atoms with van der Waals surface area (Å²) in [4.78, 5) is 13.0. The zero-order valence-corrected chi connectivity index (χ0v) is 7.12. The first-order valence-corrected chi connectivity index (χ1v) is 4.85. The number of hydrogen-bond acceptors (Lipinski definition) is 2. The minimum absolute atomic E-state index is 0.334. The predicted octanol–water partition coefficient (Wildman–Crippen LogP) is 1.32. The van der Waals surface area contributed by atoms with Gasteiger partial charge in [-0.3, -0.25) is 4.79 Å². The lowest BCUT2D eigenvalue weighted by molar-refractivity contribution is -0.130. The summed E-state index contributed by atoms with van der Waals surface area (Å²) in [7, 11) is 0. The van der Waals surface area contributed by atoms with Gasteiger partial charge in [0.2, 0.25) is 5.91 Å². The fraction of sp³-hybridized carbons (Fsp3) is 0.857. The van der Waals surface area contributed by atoms with Crippen LogP contribution in [-0.4, -0.2) is 29.0 Å². The van der Waals surface area contributed by atoms with E-state index in [1.54, 1.807) is 0 Å². The van der Waals surface area contributed by atoms with E-state index in [0.29, 0.717) is 5.91 Å². The summed E-state index contributed by atoms with van der Waals surface area (Å²) in [5.41, 5.74) is 0. The van der Waals surface area contributed by atoms with Gasteiger partial charge in [-0.1, -0.05) is 6.92 Å². The van der Waals surface area contributed by atoms with Gasteiger partial charge in [-0.05, 0) is 6.42 Å². The third-order valence-corrected chi connectivity index (χ3v) is 2.54. The molecule has 0 unspecified atom stereocenters. The minimum atomic E-state index is 0.334. The number of carbonyl (C=O) groups excluding carboxylic acids is 1. The molecular weight excluding hydrogens is 146 g/mol. The molecule has 58 valence electrons. The molecule has 3 heteroatoms. The molecule has 1 aliphatic heterocycles. The molecule has 0 atom stereocenters. The number of hydrogen-bond donors (Lipinski definition) is 0. The average molecular weight is 159 g/mol. The molecule has 0 aliphatic carbocycles. The second kappa shape index (κ2) is 3.86. The highest BCUT2D eigenvalue weighted by molar-refractivity contribution is 7.99. The molecule has 1 heterocycles. The van der Waals surface area contributed by atoms with Gasteiger partial charge in [0.05, 0.1) is 5.88 Å². The molecule has 0 N–H and O–H groups in total. The number of carbonyl (C=O) groups is 1. The van der Waals surface area contributed by atoms with Crippen LogP contribution in [0.2, 0.25) is 0 Å². The molecule has 0 saturated carbocycles. The van der Waals surface area contributed by atoms with Crippen LogP contribution in [0.3, 0.4) is 0 Å². The van der Waals surface area contributed by atoms with Crippen molar-refractivity contribution < 1.29 is 4.79 Å². The molecule has 10 heavy (non-hydrogen) atoms. The summed E-state index contributed by atoms with van der Waals surface area (Å²) in [5, 5.41) is 0. The first-order valence-electron chi connectivity index (χ1n) is 3.70. The molecular formula is C7H13NOS. The predicted molar refractivity (Wildman–Crippen MR) is 43.9 cm³/mol. The molecule has 1 saturated heterocycles. The molecule has 0 radical (unpaired) electrons. The monoisotopic (exact) mass is 159 g/mol. The van der Waals surface area contributed by atoms with Crippen LogP contribution in [0.15, 0.2) is 0 Å². The van der Waals surface area contributed by atoms with E-state index < -0.39 is 0 Å². The fourth-order valence-corrected chi connectivity index (χ4v) is 1.97. The Morgan fingerprint density at radius 2 is 2.50 bits per heavy atom. The standard InChI is InChI=1S/C7H13NOS/c1-2-4-8-6-10-5-3-7(8)9/h2-6H2,1H3. The van der Waals surface area contributed by atoms with Gasteiger partial charge in [0.25, 0.3) is 0 Å². The van der Waals surface area contributed by atoms with Crippen LogP contribution in [0.4, 0.5) is 0 Å². The van der Waals surface area contributed by atoms with Crippen LogP contribution in [0.25, 0.3) is 0 Å². The highest BCUT2D eigenvalue weighted by atomic mass is 32.2. The van der Waals surface area contributed by atoms with Gasteiger partial charge in [-0.15, -0.1) is 11.8 Å². The van der Waals surface area contributed by atoms with E-state index in [1.165, 1.54) is 0 Å². The molecule has 0 spiro atoms. The van der Waals surface area contributed by atoms with Crippen molar-refractivity contribution in [1.82, 2.24) is 4.90 Å². The van der Waals surface area contributed by atoms with Crippen molar-refractivity contribution >= 4 is 17.7 Å². The van der Waals surface area contributed by atoms with E-state index in [0.717, 1.165) is 31.0 Å². The van der Waals surface area contributed by atoms with Gasteiger partial charge in [0, 0.05) is 18.7 Å². The van der Waals surface area contributed by atoms with Crippen molar-refractivity contribution in [2.75, 3.05) is 18.2 Å². The molecule has 1 amide bonds. The number of amides is 1. The maximum atomic E-state index is 11.1. The van der Waals surface area contributed by atoms with Crippen molar-refractivity contribution in [2.24, 2.45) is 0 Å². The van der Waals surface area contributed by atoms with Crippen LogP contribution in [0, 0.1) is 0 Å². The first-order chi connectivity index (χ1) is 4.84. The topological polar surface area (TPSA) is 20.3 Å². The highest BCUT2D eigenvalue weighted by Crippen LogP contribution is 2.14. The lowest BCUT2D eigenvalue weighted by Crippen LogP contribution is -2.34. The van der Waals surface area contributed by atoms with Gasteiger partial charge >= 0.3 is 0 Å². The van der Waals surface area contributed by atoms with Gasteiger partial charge in [0.15, 0.2) is 0 Å². The Labute approximate surface area is 66.0 Å². The Balaban J connectivity index is 2.32. The summed E-state index contributed by atoms with van der Waals surface area (Å²) in [6.45, 7) is 3.04. The number of thioether (sulfide) groups is 1. The molecule has 2 nitrogen and oxygen atoms in total. The molecule has 1 fully saturated rings. The van der Waals surface area contributed by atoms with E-state index in [1.807, 2.05) is 16.7 Å². The largest absolute Gasteiger partial charge is 0.333 e. The summed E-state index contributed by atoms with van der Waals surface area (Å²) in [5.74, 6) is 2.26. The Bertz CT molecular complexity index is 125. The Morgan fingerprint density at radius 1 is 1.70 bits per heavy atom. The average Bonchev–Trinajstić information content (AvgIpc) is 1.94. The van der Waals surface area contributed by atoms with Crippen LogP contribution < -0.4 is 0 Å². The summed E-state index contributed by atoms with van der Waals surface area (Å²) >= 11 is 1.85. The summed E-state index contributed by atoms with van der Waals surface area (Å²) in [6, 6.07) is 0. The van der Waals surface area contributed by atoms with Gasteiger partial charge in [-0.2, -0.15) is 0 Å². The maximum Gasteiger partial charge on any atom is 0.224 e. The van der Waals surface area contributed by atoms with Crippen LogP contribution >= 0.6 is 11.8 Å². The van der Waals surface area contributed by atoms with E-state index in [9.17, 15) is 4.79 Å². The second-order valence-corrected chi connectivity index (χ2v) is 3.52. The van der Waals surface area contributed by atoms with Crippen molar-refractivity contribution in [1.29, 1.82) is 0 Å². The van der Waals surface area contributed by atoms with E-state index in [4.69, 9.17) is 0 Å². The van der Waals surface area contributed by atoms with E-state index in [-0.39, 0.29) is 0 Å². The second-order valence-electron chi connectivity index (χ2n) is 2.44. The van der Waals surface area contributed by atoms with Gasteiger partial charge in [-0.25, -0.2) is 0 Å². The van der Waals surface area contributed by atoms with Gasteiger partial charge in [0.1, 0.15) is 0 Å². The Morgan fingerprint density at radius 3 is 3.10 bits per heavy atom. The molecule has 0 aromatic heterocycles. The smallest absolute Gasteiger partial charge is 0.224 e. The van der Waals surface area contributed by atoms with Crippen LogP contribution in [-0.2, 0) is 4.79 Å². The third-order valence-electron chi connectivity index (χ3n) is 1.55.